The Morgan fingerprint density at radius 3 is 2.50 bits per heavy atom. The largest absolute Gasteiger partial charge is 0.481 e. The Morgan fingerprint density at radius 1 is 1.29 bits per heavy atom. The number of aliphatic carboxylic acids is 1. The van der Waals surface area contributed by atoms with Crippen LogP contribution in [0.5, 0.6) is 0 Å². The summed E-state index contributed by atoms with van der Waals surface area (Å²) in [7, 11) is 3.73. The van der Waals surface area contributed by atoms with E-state index < -0.39 is 5.97 Å². The van der Waals surface area contributed by atoms with Crippen LogP contribution in [0.4, 0.5) is 0 Å². The lowest BCUT2D eigenvalue weighted by Gasteiger charge is -2.15. The zero-order valence-corrected chi connectivity index (χ0v) is 9.16. The number of hydrogen-bond donors (Lipinski definition) is 1. The van der Waals surface area contributed by atoms with Crippen molar-refractivity contribution < 1.29 is 14.6 Å². The zero-order valence-electron chi connectivity index (χ0n) is 9.16. The minimum atomic E-state index is -0.710. The van der Waals surface area contributed by atoms with E-state index in [1.807, 2.05) is 7.05 Å². The first-order chi connectivity index (χ1) is 6.66. The molecule has 0 atom stereocenters. The molecule has 0 aromatic carbocycles. The first-order valence-electron chi connectivity index (χ1n) is 5.06. The summed E-state index contributed by atoms with van der Waals surface area (Å²) in [6.45, 7) is 2.69. The van der Waals surface area contributed by atoms with Crippen LogP contribution in [0.25, 0.3) is 0 Å². The third-order valence-corrected chi connectivity index (χ3v) is 2.07. The number of rotatable bonds is 9. The molecule has 0 fully saturated rings. The van der Waals surface area contributed by atoms with Crippen molar-refractivity contribution in [2.75, 3.05) is 33.9 Å². The summed E-state index contributed by atoms with van der Waals surface area (Å²) in [5, 5.41) is 8.44. The lowest BCUT2D eigenvalue weighted by molar-refractivity contribution is -0.137. The van der Waals surface area contributed by atoms with Gasteiger partial charge in [0.1, 0.15) is 0 Å². The van der Waals surface area contributed by atoms with E-state index in [0.717, 1.165) is 39.0 Å². The van der Waals surface area contributed by atoms with Gasteiger partial charge in [0.25, 0.3) is 0 Å². The highest BCUT2D eigenvalue weighted by atomic mass is 16.5. The van der Waals surface area contributed by atoms with Crippen LogP contribution < -0.4 is 0 Å². The second-order valence-corrected chi connectivity index (χ2v) is 3.50. The molecule has 0 aromatic rings. The van der Waals surface area contributed by atoms with Gasteiger partial charge >= 0.3 is 5.97 Å². The predicted molar refractivity (Wildman–Crippen MR) is 55.5 cm³/mol. The van der Waals surface area contributed by atoms with Crippen LogP contribution in [0.1, 0.15) is 25.7 Å². The van der Waals surface area contributed by atoms with Crippen molar-refractivity contribution in [2.45, 2.75) is 25.7 Å². The summed E-state index contributed by atoms with van der Waals surface area (Å²) < 4.78 is 4.94. The van der Waals surface area contributed by atoms with Crippen LogP contribution >= 0.6 is 0 Å². The number of carboxylic acid groups (broad SMARTS) is 1. The average molecular weight is 203 g/mol. The number of methoxy groups -OCH3 is 1. The highest BCUT2D eigenvalue weighted by molar-refractivity contribution is 5.66. The fraction of sp³-hybridized carbons (Fsp3) is 0.900. The van der Waals surface area contributed by atoms with Crippen LogP contribution in [0, 0.1) is 0 Å². The highest BCUT2D eigenvalue weighted by Crippen LogP contribution is 1.96. The van der Waals surface area contributed by atoms with Crippen molar-refractivity contribution in [3.63, 3.8) is 0 Å². The van der Waals surface area contributed by atoms with Crippen molar-refractivity contribution >= 4 is 5.97 Å². The van der Waals surface area contributed by atoms with E-state index in [0.29, 0.717) is 0 Å². The SMILES string of the molecule is COCCCCN(C)CCCC(=O)O. The molecule has 0 saturated carbocycles. The Balaban J connectivity index is 3.19. The molecule has 0 amide bonds. The molecule has 1 N–H and O–H groups in total. The third-order valence-electron chi connectivity index (χ3n) is 2.07. The molecule has 0 aliphatic rings. The van der Waals surface area contributed by atoms with Gasteiger partial charge in [0, 0.05) is 20.1 Å². The topological polar surface area (TPSA) is 49.8 Å². The van der Waals surface area contributed by atoms with Gasteiger partial charge in [-0.15, -0.1) is 0 Å². The Labute approximate surface area is 85.9 Å². The predicted octanol–water partition coefficient (Wildman–Crippen LogP) is 1.21. The van der Waals surface area contributed by atoms with Crippen LogP contribution in [-0.4, -0.2) is 49.8 Å². The lowest BCUT2D eigenvalue weighted by atomic mass is 10.2. The van der Waals surface area contributed by atoms with Crippen molar-refractivity contribution in [3.8, 4) is 0 Å². The summed E-state index contributed by atoms with van der Waals surface area (Å²) in [4.78, 5) is 12.4. The Morgan fingerprint density at radius 2 is 1.93 bits per heavy atom. The van der Waals surface area contributed by atoms with E-state index in [2.05, 4.69) is 4.90 Å². The quantitative estimate of drug-likeness (QED) is 0.572. The number of unbranched alkanes of at least 4 members (excludes halogenated alkanes) is 1. The van der Waals surface area contributed by atoms with E-state index in [1.54, 1.807) is 7.11 Å². The lowest BCUT2D eigenvalue weighted by Crippen LogP contribution is -2.21. The minimum Gasteiger partial charge on any atom is -0.481 e. The molecule has 0 unspecified atom stereocenters. The normalized spacial score (nSPS) is 10.8. The van der Waals surface area contributed by atoms with Gasteiger partial charge < -0.3 is 14.7 Å². The van der Waals surface area contributed by atoms with E-state index >= 15 is 0 Å². The Kier molecular flexibility index (Phi) is 8.57. The molecule has 0 radical (unpaired) electrons. The second kappa shape index (κ2) is 8.97. The van der Waals surface area contributed by atoms with Crippen LogP contribution in [0.3, 0.4) is 0 Å². The van der Waals surface area contributed by atoms with Crippen molar-refractivity contribution in [1.82, 2.24) is 4.90 Å². The molecule has 0 heterocycles. The van der Waals surface area contributed by atoms with E-state index in [4.69, 9.17) is 9.84 Å². The molecule has 14 heavy (non-hydrogen) atoms. The molecule has 84 valence electrons. The first kappa shape index (κ1) is 13.4. The van der Waals surface area contributed by atoms with E-state index in [-0.39, 0.29) is 6.42 Å². The van der Waals surface area contributed by atoms with Crippen LogP contribution in [-0.2, 0) is 9.53 Å². The standard InChI is InChI=1S/C10H21NO3/c1-11(7-3-4-9-14-2)8-5-6-10(12)13/h3-9H2,1-2H3,(H,12,13). The molecule has 4 heteroatoms. The molecule has 4 nitrogen and oxygen atoms in total. The number of nitrogens with zero attached hydrogens (tertiary/aromatic N) is 1. The molecular weight excluding hydrogens is 182 g/mol. The molecule has 0 bridgehead atoms. The third kappa shape index (κ3) is 9.48. The molecule has 0 aliphatic heterocycles. The Hall–Kier alpha value is -0.610. The zero-order chi connectivity index (χ0) is 10.8. The average Bonchev–Trinajstić information content (AvgIpc) is 2.12. The number of ether oxygens (including phenoxy) is 1. The second-order valence-electron chi connectivity index (χ2n) is 3.50. The number of carbonyl (C=O) groups is 1. The fourth-order valence-corrected chi connectivity index (χ4v) is 1.24. The van der Waals surface area contributed by atoms with E-state index in [9.17, 15) is 4.79 Å². The van der Waals surface area contributed by atoms with E-state index in [1.165, 1.54) is 0 Å². The molecule has 0 aromatic heterocycles. The summed E-state index contributed by atoms with van der Waals surface area (Å²) in [6.07, 6.45) is 3.18. The van der Waals surface area contributed by atoms with Gasteiger partial charge in [-0.25, -0.2) is 0 Å². The molecular formula is C10H21NO3. The summed E-state index contributed by atoms with van der Waals surface area (Å²) >= 11 is 0. The molecule has 0 aliphatic carbocycles. The van der Waals surface area contributed by atoms with Crippen molar-refractivity contribution in [3.05, 3.63) is 0 Å². The molecule has 0 rings (SSSR count). The van der Waals surface area contributed by atoms with Crippen LogP contribution in [0.2, 0.25) is 0 Å². The maximum absolute atomic E-state index is 10.2. The summed E-state index contributed by atoms with van der Waals surface area (Å²) in [5.74, 6) is -0.710. The fourth-order valence-electron chi connectivity index (χ4n) is 1.24. The van der Waals surface area contributed by atoms with Gasteiger partial charge in [-0.1, -0.05) is 0 Å². The van der Waals surface area contributed by atoms with Crippen molar-refractivity contribution in [2.24, 2.45) is 0 Å². The Bertz CT molecular complexity index is 150. The monoisotopic (exact) mass is 203 g/mol. The maximum atomic E-state index is 10.2. The molecule has 0 saturated heterocycles. The highest BCUT2D eigenvalue weighted by Gasteiger charge is 2.00. The summed E-state index contributed by atoms with van der Waals surface area (Å²) in [6, 6.07) is 0. The smallest absolute Gasteiger partial charge is 0.303 e. The van der Waals surface area contributed by atoms with Crippen LogP contribution in [0.15, 0.2) is 0 Å². The molecule has 0 spiro atoms. The van der Waals surface area contributed by atoms with Gasteiger partial charge in [0.2, 0.25) is 0 Å². The van der Waals surface area contributed by atoms with Gasteiger partial charge in [0.05, 0.1) is 0 Å². The van der Waals surface area contributed by atoms with Gasteiger partial charge in [-0.05, 0) is 39.4 Å². The van der Waals surface area contributed by atoms with Gasteiger partial charge in [0.15, 0.2) is 0 Å². The first-order valence-corrected chi connectivity index (χ1v) is 5.06. The van der Waals surface area contributed by atoms with Gasteiger partial charge in [-0.3, -0.25) is 4.79 Å². The maximum Gasteiger partial charge on any atom is 0.303 e. The van der Waals surface area contributed by atoms with Gasteiger partial charge in [-0.2, -0.15) is 0 Å². The van der Waals surface area contributed by atoms with Crippen molar-refractivity contribution in [1.29, 1.82) is 0 Å². The summed E-state index contributed by atoms with van der Waals surface area (Å²) in [5.41, 5.74) is 0. The number of hydrogen-bond acceptors (Lipinski definition) is 3. The number of carboxylic acids is 1. The minimum absolute atomic E-state index is 0.266.